The summed E-state index contributed by atoms with van der Waals surface area (Å²) in [4.78, 5) is 0. The van der Waals surface area contributed by atoms with Gasteiger partial charge in [-0.15, -0.1) is 0 Å². The van der Waals surface area contributed by atoms with Crippen molar-refractivity contribution in [2.75, 3.05) is 5.75 Å². The molecule has 2 nitrogen and oxygen atoms in total. The van der Waals surface area contributed by atoms with Gasteiger partial charge in [0.2, 0.25) is 9.05 Å². The van der Waals surface area contributed by atoms with Gasteiger partial charge in [0.25, 0.3) is 0 Å². The van der Waals surface area contributed by atoms with Crippen LogP contribution in [-0.4, -0.2) is 14.2 Å². The summed E-state index contributed by atoms with van der Waals surface area (Å²) in [6.07, 6.45) is 4.12. The lowest BCUT2D eigenvalue weighted by Crippen LogP contribution is -2.03. The van der Waals surface area contributed by atoms with Crippen LogP contribution in [0.5, 0.6) is 0 Å². The summed E-state index contributed by atoms with van der Waals surface area (Å²) >= 11 is 0. The molecular formula is C8H17ClO2S. The summed E-state index contributed by atoms with van der Waals surface area (Å²) in [5.41, 5.74) is 0. The van der Waals surface area contributed by atoms with Crippen LogP contribution in [0.15, 0.2) is 0 Å². The van der Waals surface area contributed by atoms with E-state index in [1.807, 2.05) is 0 Å². The quantitative estimate of drug-likeness (QED) is 0.635. The Morgan fingerprint density at radius 3 is 2.33 bits per heavy atom. The molecule has 0 saturated carbocycles. The molecule has 4 heteroatoms. The van der Waals surface area contributed by atoms with Crippen LogP contribution in [0.4, 0.5) is 0 Å². The molecule has 12 heavy (non-hydrogen) atoms. The van der Waals surface area contributed by atoms with Crippen molar-refractivity contribution in [1.29, 1.82) is 0 Å². The van der Waals surface area contributed by atoms with Gasteiger partial charge in [0.15, 0.2) is 0 Å². The van der Waals surface area contributed by atoms with Crippen molar-refractivity contribution < 1.29 is 8.42 Å². The Balaban J connectivity index is 3.51. The van der Waals surface area contributed by atoms with E-state index < -0.39 is 9.05 Å². The SMILES string of the molecule is CCCCC(C)CCS(=O)(=O)Cl. The zero-order chi connectivity index (χ0) is 9.61. The first-order valence-corrected chi connectivity index (χ1v) is 6.86. The van der Waals surface area contributed by atoms with E-state index in [1.54, 1.807) is 0 Å². The lowest BCUT2D eigenvalue weighted by molar-refractivity contribution is 0.489. The minimum absolute atomic E-state index is 0.111. The molecule has 0 amide bonds. The summed E-state index contributed by atoms with van der Waals surface area (Å²) < 4.78 is 21.1. The smallest absolute Gasteiger partial charge is 0.212 e. The van der Waals surface area contributed by atoms with Gasteiger partial charge in [-0.05, 0) is 12.3 Å². The molecule has 0 radical (unpaired) electrons. The molecule has 0 aromatic carbocycles. The summed E-state index contributed by atoms with van der Waals surface area (Å²) in [6.45, 7) is 4.20. The Hall–Kier alpha value is 0.240. The van der Waals surface area contributed by atoms with E-state index in [2.05, 4.69) is 13.8 Å². The zero-order valence-electron chi connectivity index (χ0n) is 7.72. The Kier molecular flexibility index (Phi) is 5.93. The van der Waals surface area contributed by atoms with Gasteiger partial charge in [-0.3, -0.25) is 0 Å². The predicted molar refractivity (Wildman–Crippen MR) is 52.9 cm³/mol. The highest BCUT2D eigenvalue weighted by molar-refractivity contribution is 8.13. The third kappa shape index (κ3) is 8.34. The molecule has 0 rings (SSSR count). The van der Waals surface area contributed by atoms with Gasteiger partial charge in [-0.2, -0.15) is 0 Å². The van der Waals surface area contributed by atoms with Crippen molar-refractivity contribution in [3.63, 3.8) is 0 Å². The molecule has 74 valence electrons. The predicted octanol–water partition coefficient (Wildman–Crippen LogP) is 2.77. The van der Waals surface area contributed by atoms with Crippen LogP contribution in [0.2, 0.25) is 0 Å². The van der Waals surface area contributed by atoms with E-state index >= 15 is 0 Å². The second-order valence-electron chi connectivity index (χ2n) is 3.28. The summed E-state index contributed by atoms with van der Waals surface area (Å²) in [5.74, 6) is 0.581. The van der Waals surface area contributed by atoms with E-state index in [4.69, 9.17) is 10.7 Å². The fourth-order valence-corrected chi connectivity index (χ4v) is 1.99. The fourth-order valence-electron chi connectivity index (χ4n) is 1.04. The highest BCUT2D eigenvalue weighted by atomic mass is 35.7. The second-order valence-corrected chi connectivity index (χ2v) is 6.18. The largest absolute Gasteiger partial charge is 0.232 e. The Labute approximate surface area is 79.7 Å². The maximum Gasteiger partial charge on any atom is 0.232 e. The molecule has 0 heterocycles. The first-order chi connectivity index (χ1) is 5.45. The topological polar surface area (TPSA) is 34.1 Å². The molecule has 0 fully saturated rings. The maximum atomic E-state index is 10.6. The summed E-state index contributed by atoms with van der Waals surface area (Å²) in [7, 11) is 1.81. The third-order valence-corrected chi connectivity index (χ3v) is 3.09. The molecule has 0 aliphatic heterocycles. The number of hydrogen-bond acceptors (Lipinski definition) is 2. The van der Waals surface area contributed by atoms with Crippen LogP contribution >= 0.6 is 10.7 Å². The molecule has 1 unspecified atom stereocenters. The minimum atomic E-state index is -3.27. The van der Waals surface area contributed by atoms with Gasteiger partial charge in [-0.25, -0.2) is 8.42 Å². The van der Waals surface area contributed by atoms with E-state index in [0.29, 0.717) is 12.3 Å². The molecule has 1 atom stereocenters. The average Bonchev–Trinajstić information content (AvgIpc) is 1.95. The highest BCUT2D eigenvalue weighted by Gasteiger charge is 2.08. The fraction of sp³-hybridized carbons (Fsp3) is 1.00. The van der Waals surface area contributed by atoms with Crippen LogP contribution in [0, 0.1) is 5.92 Å². The van der Waals surface area contributed by atoms with Crippen LogP contribution in [0.3, 0.4) is 0 Å². The van der Waals surface area contributed by atoms with Gasteiger partial charge in [0, 0.05) is 10.7 Å². The monoisotopic (exact) mass is 212 g/mol. The van der Waals surface area contributed by atoms with Crippen LogP contribution < -0.4 is 0 Å². The molecule has 0 bridgehead atoms. The van der Waals surface area contributed by atoms with Crippen LogP contribution in [0.1, 0.15) is 39.5 Å². The zero-order valence-corrected chi connectivity index (χ0v) is 9.29. The normalized spacial score (nSPS) is 14.6. The Morgan fingerprint density at radius 2 is 1.92 bits per heavy atom. The maximum absolute atomic E-state index is 10.6. The number of rotatable bonds is 6. The molecule has 0 aliphatic carbocycles. The van der Waals surface area contributed by atoms with Crippen LogP contribution in [0.25, 0.3) is 0 Å². The second kappa shape index (κ2) is 5.81. The van der Waals surface area contributed by atoms with Gasteiger partial charge < -0.3 is 0 Å². The van der Waals surface area contributed by atoms with Crippen molar-refractivity contribution in [1.82, 2.24) is 0 Å². The first-order valence-electron chi connectivity index (χ1n) is 4.38. The highest BCUT2D eigenvalue weighted by Crippen LogP contribution is 2.13. The van der Waals surface area contributed by atoms with Gasteiger partial charge in [0.05, 0.1) is 5.75 Å². The summed E-state index contributed by atoms with van der Waals surface area (Å²) in [5, 5.41) is 0. The van der Waals surface area contributed by atoms with Crippen molar-refractivity contribution in [3.8, 4) is 0 Å². The number of hydrogen-bond donors (Lipinski definition) is 0. The molecule has 0 N–H and O–H groups in total. The van der Waals surface area contributed by atoms with Crippen molar-refractivity contribution in [3.05, 3.63) is 0 Å². The summed E-state index contributed by atoms with van der Waals surface area (Å²) in [6, 6.07) is 0. The Bertz CT molecular complexity index is 199. The lowest BCUT2D eigenvalue weighted by atomic mass is 10.0. The standard InChI is InChI=1S/C8H17ClO2S/c1-3-4-5-8(2)6-7-12(9,10)11/h8H,3-7H2,1-2H3. The lowest BCUT2D eigenvalue weighted by Gasteiger charge is -2.08. The minimum Gasteiger partial charge on any atom is -0.212 e. The first kappa shape index (κ1) is 12.2. The van der Waals surface area contributed by atoms with Crippen molar-refractivity contribution in [2.24, 2.45) is 5.92 Å². The molecule has 0 spiro atoms. The molecular weight excluding hydrogens is 196 g/mol. The molecule has 0 aromatic heterocycles. The van der Waals surface area contributed by atoms with E-state index in [1.165, 1.54) is 6.42 Å². The number of halogens is 1. The Morgan fingerprint density at radius 1 is 1.33 bits per heavy atom. The molecule has 0 saturated heterocycles. The van der Waals surface area contributed by atoms with Gasteiger partial charge in [0.1, 0.15) is 0 Å². The van der Waals surface area contributed by atoms with Crippen molar-refractivity contribution in [2.45, 2.75) is 39.5 Å². The van der Waals surface area contributed by atoms with Gasteiger partial charge >= 0.3 is 0 Å². The van der Waals surface area contributed by atoms with E-state index in [0.717, 1.165) is 12.8 Å². The molecule has 0 aliphatic rings. The van der Waals surface area contributed by atoms with Crippen molar-refractivity contribution >= 4 is 19.7 Å². The average molecular weight is 213 g/mol. The van der Waals surface area contributed by atoms with Crippen LogP contribution in [-0.2, 0) is 9.05 Å². The number of unbranched alkanes of at least 4 members (excludes halogenated alkanes) is 1. The third-order valence-electron chi connectivity index (χ3n) is 1.90. The molecule has 0 aromatic rings. The van der Waals surface area contributed by atoms with E-state index in [9.17, 15) is 8.42 Å². The van der Waals surface area contributed by atoms with E-state index in [-0.39, 0.29) is 5.75 Å². The van der Waals surface area contributed by atoms with Gasteiger partial charge in [-0.1, -0.05) is 33.1 Å².